The molecular weight excluding hydrogens is 320 g/mol. The van der Waals surface area contributed by atoms with Crippen molar-refractivity contribution < 1.29 is 14.4 Å². The van der Waals surface area contributed by atoms with E-state index in [0.717, 1.165) is 12.8 Å². The third kappa shape index (κ3) is 5.05. The zero-order valence-electron chi connectivity index (χ0n) is 14.2. The van der Waals surface area contributed by atoms with Crippen molar-refractivity contribution in [1.82, 2.24) is 10.6 Å². The SMILES string of the molecule is CC(=O)Nc1ccccc1C(=O)N[C@@H]1CCCC[C@H]1C(=O)NCC#N. The van der Waals surface area contributed by atoms with Crippen molar-refractivity contribution in [1.29, 1.82) is 5.26 Å². The molecule has 1 aliphatic carbocycles. The summed E-state index contributed by atoms with van der Waals surface area (Å²) >= 11 is 0. The molecule has 0 saturated heterocycles. The molecule has 132 valence electrons. The Balaban J connectivity index is 2.11. The highest BCUT2D eigenvalue weighted by molar-refractivity contribution is 6.03. The highest BCUT2D eigenvalue weighted by Crippen LogP contribution is 2.25. The zero-order chi connectivity index (χ0) is 18.2. The van der Waals surface area contributed by atoms with Gasteiger partial charge in [0.05, 0.1) is 23.2 Å². The lowest BCUT2D eigenvalue weighted by molar-refractivity contribution is -0.126. The second-order valence-corrected chi connectivity index (χ2v) is 6.07. The lowest BCUT2D eigenvalue weighted by Gasteiger charge is -2.31. The highest BCUT2D eigenvalue weighted by atomic mass is 16.2. The van der Waals surface area contributed by atoms with Crippen LogP contribution in [0.2, 0.25) is 0 Å². The maximum atomic E-state index is 12.7. The fraction of sp³-hybridized carbons (Fsp3) is 0.444. The fourth-order valence-electron chi connectivity index (χ4n) is 3.10. The quantitative estimate of drug-likeness (QED) is 0.705. The van der Waals surface area contributed by atoms with Gasteiger partial charge in [-0.1, -0.05) is 25.0 Å². The van der Waals surface area contributed by atoms with Gasteiger partial charge in [-0.3, -0.25) is 14.4 Å². The number of rotatable bonds is 5. The summed E-state index contributed by atoms with van der Waals surface area (Å²) in [6, 6.07) is 8.35. The van der Waals surface area contributed by atoms with E-state index in [-0.39, 0.29) is 36.2 Å². The van der Waals surface area contributed by atoms with Crippen LogP contribution in [-0.4, -0.2) is 30.3 Å². The molecule has 0 bridgehead atoms. The lowest BCUT2D eigenvalue weighted by Crippen LogP contribution is -2.48. The number of benzene rings is 1. The van der Waals surface area contributed by atoms with Crippen molar-refractivity contribution in [2.45, 2.75) is 38.6 Å². The van der Waals surface area contributed by atoms with Crippen LogP contribution in [0.4, 0.5) is 5.69 Å². The molecule has 3 N–H and O–H groups in total. The number of hydrogen-bond donors (Lipinski definition) is 3. The molecule has 0 unspecified atom stereocenters. The van der Waals surface area contributed by atoms with E-state index < -0.39 is 0 Å². The number of carbonyl (C=O) groups excluding carboxylic acids is 3. The number of para-hydroxylation sites is 1. The molecule has 7 heteroatoms. The average Bonchev–Trinajstić information content (AvgIpc) is 2.60. The molecular formula is C18H22N4O3. The maximum absolute atomic E-state index is 12.7. The van der Waals surface area contributed by atoms with Crippen molar-refractivity contribution >= 4 is 23.4 Å². The number of nitrogens with one attached hydrogen (secondary N) is 3. The summed E-state index contributed by atoms with van der Waals surface area (Å²) in [4.78, 5) is 36.2. The third-order valence-corrected chi connectivity index (χ3v) is 4.24. The first-order chi connectivity index (χ1) is 12.0. The van der Waals surface area contributed by atoms with Gasteiger partial charge in [0.1, 0.15) is 6.54 Å². The molecule has 2 atom stereocenters. The molecule has 1 aromatic rings. The molecule has 25 heavy (non-hydrogen) atoms. The highest BCUT2D eigenvalue weighted by Gasteiger charge is 2.32. The van der Waals surface area contributed by atoms with E-state index >= 15 is 0 Å². The van der Waals surface area contributed by atoms with Gasteiger partial charge < -0.3 is 16.0 Å². The van der Waals surface area contributed by atoms with Gasteiger partial charge in [-0.15, -0.1) is 0 Å². The molecule has 1 aliphatic rings. The first-order valence-electron chi connectivity index (χ1n) is 8.35. The van der Waals surface area contributed by atoms with Gasteiger partial charge >= 0.3 is 0 Å². The van der Waals surface area contributed by atoms with E-state index in [1.807, 2.05) is 6.07 Å². The molecule has 0 heterocycles. The molecule has 0 spiro atoms. The van der Waals surface area contributed by atoms with Crippen LogP contribution in [0, 0.1) is 17.2 Å². The van der Waals surface area contributed by atoms with E-state index in [2.05, 4.69) is 16.0 Å². The molecule has 0 aromatic heterocycles. The Morgan fingerprint density at radius 2 is 1.92 bits per heavy atom. The Morgan fingerprint density at radius 1 is 1.20 bits per heavy atom. The summed E-state index contributed by atoms with van der Waals surface area (Å²) in [5.41, 5.74) is 0.799. The smallest absolute Gasteiger partial charge is 0.253 e. The van der Waals surface area contributed by atoms with Crippen LogP contribution in [0.25, 0.3) is 0 Å². The lowest BCUT2D eigenvalue weighted by atomic mass is 9.83. The van der Waals surface area contributed by atoms with Crippen LogP contribution in [0.3, 0.4) is 0 Å². The number of nitrogens with zero attached hydrogens (tertiary/aromatic N) is 1. The molecule has 1 saturated carbocycles. The normalized spacial score (nSPS) is 19.4. The Kier molecular flexibility index (Phi) is 6.52. The van der Waals surface area contributed by atoms with Crippen molar-refractivity contribution in [3.05, 3.63) is 29.8 Å². The topological polar surface area (TPSA) is 111 Å². The van der Waals surface area contributed by atoms with Gasteiger partial charge in [0, 0.05) is 13.0 Å². The standard InChI is InChI=1S/C18H22N4O3/c1-12(23)21-15-8-4-3-7-14(15)18(25)22-16-9-5-2-6-13(16)17(24)20-11-10-19/h3-4,7-8,13,16H,2,5-6,9,11H2,1H3,(H,20,24)(H,21,23)(H,22,25)/t13-,16-/m1/s1. The molecule has 1 aromatic carbocycles. The first kappa shape index (κ1) is 18.5. The summed E-state index contributed by atoms with van der Waals surface area (Å²) in [5, 5.41) is 16.7. The van der Waals surface area contributed by atoms with Crippen molar-refractivity contribution in [3.8, 4) is 6.07 Å². The van der Waals surface area contributed by atoms with E-state index in [4.69, 9.17) is 5.26 Å². The van der Waals surface area contributed by atoms with Crippen LogP contribution in [0.5, 0.6) is 0 Å². The second-order valence-electron chi connectivity index (χ2n) is 6.07. The monoisotopic (exact) mass is 342 g/mol. The predicted octanol–water partition coefficient (Wildman–Crippen LogP) is 1.57. The van der Waals surface area contributed by atoms with Crippen molar-refractivity contribution in [2.24, 2.45) is 5.92 Å². The molecule has 0 radical (unpaired) electrons. The minimum Gasteiger partial charge on any atom is -0.348 e. The van der Waals surface area contributed by atoms with Gasteiger partial charge in [-0.05, 0) is 25.0 Å². The summed E-state index contributed by atoms with van der Waals surface area (Å²) in [7, 11) is 0. The van der Waals surface area contributed by atoms with Crippen LogP contribution in [-0.2, 0) is 9.59 Å². The second kappa shape index (κ2) is 8.83. The minimum atomic E-state index is -0.348. The zero-order valence-corrected chi connectivity index (χ0v) is 14.2. The van der Waals surface area contributed by atoms with Crippen LogP contribution >= 0.6 is 0 Å². The van der Waals surface area contributed by atoms with E-state index in [1.54, 1.807) is 24.3 Å². The van der Waals surface area contributed by atoms with Crippen molar-refractivity contribution in [3.63, 3.8) is 0 Å². The first-order valence-corrected chi connectivity index (χ1v) is 8.35. The van der Waals surface area contributed by atoms with Crippen LogP contribution in [0.1, 0.15) is 43.0 Å². The number of anilines is 1. The van der Waals surface area contributed by atoms with Gasteiger partial charge in [0.2, 0.25) is 11.8 Å². The van der Waals surface area contributed by atoms with Gasteiger partial charge in [-0.25, -0.2) is 0 Å². The Hall–Kier alpha value is -2.88. The molecule has 2 rings (SSSR count). The number of carbonyl (C=O) groups is 3. The molecule has 7 nitrogen and oxygen atoms in total. The maximum Gasteiger partial charge on any atom is 0.253 e. The number of hydrogen-bond acceptors (Lipinski definition) is 4. The molecule has 3 amide bonds. The third-order valence-electron chi connectivity index (χ3n) is 4.24. The number of amides is 3. The molecule has 1 fully saturated rings. The largest absolute Gasteiger partial charge is 0.348 e. The average molecular weight is 342 g/mol. The predicted molar refractivity (Wildman–Crippen MR) is 92.6 cm³/mol. The van der Waals surface area contributed by atoms with Crippen LogP contribution in [0.15, 0.2) is 24.3 Å². The summed E-state index contributed by atoms with van der Waals surface area (Å²) in [5.74, 6) is -1.14. The Labute approximate surface area is 146 Å². The Morgan fingerprint density at radius 3 is 2.64 bits per heavy atom. The Bertz CT molecular complexity index is 696. The van der Waals surface area contributed by atoms with Gasteiger partial charge in [0.25, 0.3) is 5.91 Å². The summed E-state index contributed by atoms with van der Waals surface area (Å²) in [6.07, 6.45) is 3.23. The van der Waals surface area contributed by atoms with Gasteiger partial charge in [0.15, 0.2) is 0 Å². The fourth-order valence-corrected chi connectivity index (χ4v) is 3.10. The summed E-state index contributed by atoms with van der Waals surface area (Å²) < 4.78 is 0. The van der Waals surface area contributed by atoms with Gasteiger partial charge in [-0.2, -0.15) is 5.26 Å². The summed E-state index contributed by atoms with van der Waals surface area (Å²) in [6.45, 7) is 1.34. The number of nitriles is 1. The van der Waals surface area contributed by atoms with E-state index in [1.165, 1.54) is 6.92 Å². The van der Waals surface area contributed by atoms with E-state index in [0.29, 0.717) is 24.1 Å². The van der Waals surface area contributed by atoms with Crippen LogP contribution < -0.4 is 16.0 Å². The molecule has 0 aliphatic heterocycles. The minimum absolute atomic E-state index is 0.0403. The van der Waals surface area contributed by atoms with Crippen molar-refractivity contribution in [2.75, 3.05) is 11.9 Å². The van der Waals surface area contributed by atoms with E-state index in [9.17, 15) is 14.4 Å².